The van der Waals surface area contributed by atoms with Gasteiger partial charge in [0.2, 0.25) is 0 Å². The first-order valence-electron chi connectivity index (χ1n) is 7.74. The summed E-state index contributed by atoms with van der Waals surface area (Å²) < 4.78 is 11.1. The van der Waals surface area contributed by atoms with Gasteiger partial charge in [-0.2, -0.15) is 0 Å². The summed E-state index contributed by atoms with van der Waals surface area (Å²) in [4.78, 5) is 12.0. The van der Waals surface area contributed by atoms with Gasteiger partial charge in [0, 0.05) is 19.1 Å². The third-order valence-electron chi connectivity index (χ3n) is 4.12. The molecule has 1 saturated heterocycles. The summed E-state index contributed by atoms with van der Waals surface area (Å²) in [7, 11) is 0. The Morgan fingerprint density at radius 2 is 2.09 bits per heavy atom. The maximum absolute atomic E-state index is 12.0. The van der Waals surface area contributed by atoms with Gasteiger partial charge in [0.25, 0.3) is 5.91 Å². The Balaban J connectivity index is 1.65. The van der Waals surface area contributed by atoms with Crippen LogP contribution in [0.5, 0.6) is 0 Å². The maximum atomic E-state index is 12.0. The van der Waals surface area contributed by atoms with Gasteiger partial charge in [0.15, 0.2) is 5.76 Å². The van der Waals surface area contributed by atoms with E-state index in [1.165, 1.54) is 17.4 Å². The summed E-state index contributed by atoms with van der Waals surface area (Å²) >= 11 is 0. The molecule has 0 bridgehead atoms. The Kier molecular flexibility index (Phi) is 4.59. The third-order valence-corrected chi connectivity index (χ3v) is 4.12. The Bertz CT molecular complexity index is 604. The predicted molar refractivity (Wildman–Crippen MR) is 83.6 cm³/mol. The van der Waals surface area contributed by atoms with Crippen LogP contribution in [-0.2, 0) is 4.74 Å². The number of carbonyl (C=O) groups is 1. The molecule has 2 heterocycles. The molecule has 1 aromatic carbocycles. The minimum absolute atomic E-state index is 0.0475. The van der Waals surface area contributed by atoms with Crippen LogP contribution in [-0.4, -0.2) is 19.1 Å². The van der Waals surface area contributed by atoms with Crippen molar-refractivity contribution in [3.05, 3.63) is 59.5 Å². The molecule has 4 nitrogen and oxygen atoms in total. The van der Waals surface area contributed by atoms with Crippen molar-refractivity contribution in [2.75, 3.05) is 13.2 Å². The number of carbonyl (C=O) groups excluding carboxylic acids is 1. The molecule has 0 radical (unpaired) electrons. The highest BCUT2D eigenvalue weighted by Gasteiger charge is 2.28. The first kappa shape index (κ1) is 14.9. The first-order valence-corrected chi connectivity index (χ1v) is 7.74. The van der Waals surface area contributed by atoms with Gasteiger partial charge in [0.05, 0.1) is 12.4 Å². The van der Waals surface area contributed by atoms with E-state index in [1.54, 1.807) is 12.1 Å². The number of ether oxygens (including phenoxy) is 1. The van der Waals surface area contributed by atoms with Crippen LogP contribution in [0.1, 0.15) is 40.6 Å². The van der Waals surface area contributed by atoms with Crippen LogP contribution in [0.15, 0.2) is 47.1 Å². The molecule has 0 spiro atoms. The van der Waals surface area contributed by atoms with Crippen LogP contribution in [0.3, 0.4) is 0 Å². The highest BCUT2D eigenvalue weighted by molar-refractivity contribution is 5.91. The van der Waals surface area contributed by atoms with Crippen molar-refractivity contribution in [1.29, 1.82) is 0 Å². The van der Waals surface area contributed by atoms with E-state index < -0.39 is 0 Å². The molecule has 0 aliphatic carbocycles. The van der Waals surface area contributed by atoms with Gasteiger partial charge in [-0.3, -0.25) is 4.79 Å². The molecule has 2 aromatic rings. The second kappa shape index (κ2) is 6.79. The second-order valence-corrected chi connectivity index (χ2v) is 5.79. The zero-order valence-corrected chi connectivity index (χ0v) is 12.7. The molecule has 1 aliphatic rings. The van der Waals surface area contributed by atoms with E-state index in [4.69, 9.17) is 9.15 Å². The summed E-state index contributed by atoms with van der Waals surface area (Å²) in [6, 6.07) is 11.8. The van der Waals surface area contributed by atoms with Crippen LogP contribution in [0.25, 0.3) is 0 Å². The van der Waals surface area contributed by atoms with Gasteiger partial charge < -0.3 is 14.5 Å². The lowest BCUT2D eigenvalue weighted by atomic mass is 9.89. The zero-order chi connectivity index (χ0) is 15.4. The lowest BCUT2D eigenvalue weighted by molar-refractivity contribution is -0.0273. The van der Waals surface area contributed by atoms with Gasteiger partial charge in [-0.1, -0.05) is 29.8 Å². The average molecular weight is 299 g/mol. The quantitative estimate of drug-likeness (QED) is 0.940. The van der Waals surface area contributed by atoms with Crippen molar-refractivity contribution in [1.82, 2.24) is 5.32 Å². The van der Waals surface area contributed by atoms with E-state index >= 15 is 0 Å². The fourth-order valence-electron chi connectivity index (χ4n) is 2.90. The largest absolute Gasteiger partial charge is 0.459 e. The van der Waals surface area contributed by atoms with Crippen molar-refractivity contribution in [3.63, 3.8) is 0 Å². The minimum atomic E-state index is -0.168. The number of aryl methyl sites for hydroxylation is 1. The van der Waals surface area contributed by atoms with E-state index in [2.05, 4.69) is 36.5 Å². The lowest BCUT2D eigenvalue weighted by Crippen LogP contribution is -2.35. The van der Waals surface area contributed by atoms with Gasteiger partial charge in [-0.25, -0.2) is 0 Å². The molecular formula is C18H21NO3. The summed E-state index contributed by atoms with van der Waals surface area (Å²) in [6.07, 6.45) is 3.64. The third kappa shape index (κ3) is 3.39. The standard InChI is InChI=1S/C18H21NO3/c1-13-6-8-14(9-7-13)17-15(4-2-11-22-17)12-19-18(20)16-5-3-10-21-16/h3,5-10,15,17H,2,4,11-12H2,1H3,(H,19,20)/t15-,17-/m1/s1. The highest BCUT2D eigenvalue weighted by Crippen LogP contribution is 2.33. The fourth-order valence-corrected chi connectivity index (χ4v) is 2.90. The van der Waals surface area contributed by atoms with E-state index in [-0.39, 0.29) is 17.9 Å². The van der Waals surface area contributed by atoms with E-state index in [9.17, 15) is 4.79 Å². The molecular weight excluding hydrogens is 278 g/mol. The molecule has 1 N–H and O–H groups in total. The van der Waals surface area contributed by atoms with Gasteiger partial charge in [-0.05, 0) is 37.5 Å². The molecule has 0 saturated carbocycles. The zero-order valence-electron chi connectivity index (χ0n) is 12.7. The predicted octanol–water partition coefficient (Wildman–Crippen LogP) is 3.49. The monoisotopic (exact) mass is 299 g/mol. The highest BCUT2D eigenvalue weighted by atomic mass is 16.5. The molecule has 1 aliphatic heterocycles. The molecule has 0 unspecified atom stereocenters. The van der Waals surface area contributed by atoms with E-state index in [0.29, 0.717) is 12.3 Å². The molecule has 116 valence electrons. The van der Waals surface area contributed by atoms with Gasteiger partial charge in [-0.15, -0.1) is 0 Å². The van der Waals surface area contributed by atoms with E-state index in [1.807, 2.05) is 0 Å². The van der Waals surface area contributed by atoms with Crippen LogP contribution >= 0.6 is 0 Å². The Hall–Kier alpha value is -2.07. The van der Waals surface area contributed by atoms with Crippen molar-refractivity contribution in [3.8, 4) is 0 Å². The molecule has 1 fully saturated rings. The van der Waals surface area contributed by atoms with Crippen molar-refractivity contribution < 1.29 is 13.9 Å². The summed E-state index contributed by atoms with van der Waals surface area (Å²) in [5.74, 6) is 0.470. The number of benzene rings is 1. The number of amides is 1. The summed E-state index contributed by atoms with van der Waals surface area (Å²) in [5, 5.41) is 2.95. The van der Waals surface area contributed by atoms with Crippen LogP contribution in [0.4, 0.5) is 0 Å². The van der Waals surface area contributed by atoms with Gasteiger partial charge in [0.1, 0.15) is 0 Å². The SMILES string of the molecule is Cc1ccc([C@H]2OCCC[C@@H]2CNC(=O)c2ccco2)cc1. The smallest absolute Gasteiger partial charge is 0.286 e. The molecule has 22 heavy (non-hydrogen) atoms. The Labute approximate surface area is 130 Å². The number of hydrogen-bond donors (Lipinski definition) is 1. The fraction of sp³-hybridized carbons (Fsp3) is 0.389. The van der Waals surface area contributed by atoms with Crippen molar-refractivity contribution >= 4 is 5.91 Å². The summed E-state index contributed by atoms with van der Waals surface area (Å²) in [6.45, 7) is 3.45. The van der Waals surface area contributed by atoms with Crippen LogP contribution < -0.4 is 5.32 Å². The number of hydrogen-bond acceptors (Lipinski definition) is 3. The lowest BCUT2D eigenvalue weighted by Gasteiger charge is -2.32. The van der Waals surface area contributed by atoms with Crippen LogP contribution in [0.2, 0.25) is 0 Å². The molecule has 4 heteroatoms. The molecule has 1 amide bonds. The van der Waals surface area contributed by atoms with Crippen molar-refractivity contribution in [2.45, 2.75) is 25.9 Å². The normalized spacial score (nSPS) is 21.5. The van der Waals surface area contributed by atoms with Crippen LogP contribution in [0, 0.1) is 12.8 Å². The van der Waals surface area contributed by atoms with Gasteiger partial charge >= 0.3 is 0 Å². The summed E-state index contributed by atoms with van der Waals surface area (Å²) in [5.41, 5.74) is 2.42. The average Bonchev–Trinajstić information content (AvgIpc) is 3.08. The topological polar surface area (TPSA) is 51.5 Å². The number of rotatable bonds is 4. The number of furan rings is 1. The number of nitrogens with one attached hydrogen (secondary N) is 1. The molecule has 1 aromatic heterocycles. The Morgan fingerprint density at radius 1 is 1.27 bits per heavy atom. The Morgan fingerprint density at radius 3 is 2.82 bits per heavy atom. The maximum Gasteiger partial charge on any atom is 0.286 e. The second-order valence-electron chi connectivity index (χ2n) is 5.79. The molecule has 3 rings (SSSR count). The van der Waals surface area contributed by atoms with Crippen molar-refractivity contribution in [2.24, 2.45) is 5.92 Å². The van der Waals surface area contributed by atoms with E-state index in [0.717, 1.165) is 19.4 Å². The first-order chi connectivity index (χ1) is 10.7. The minimum Gasteiger partial charge on any atom is -0.459 e. The molecule has 2 atom stereocenters.